The lowest BCUT2D eigenvalue weighted by molar-refractivity contribution is -0.140. The zero-order valence-electron chi connectivity index (χ0n) is 15.7. The van der Waals surface area contributed by atoms with E-state index >= 15 is 0 Å². The van der Waals surface area contributed by atoms with Crippen LogP contribution in [-0.4, -0.2) is 45.4 Å². The van der Waals surface area contributed by atoms with Crippen LogP contribution in [0.25, 0.3) is 0 Å². The van der Waals surface area contributed by atoms with E-state index < -0.39 is 23.3 Å². The Morgan fingerprint density at radius 1 is 1.30 bits per heavy atom. The quantitative estimate of drug-likeness (QED) is 0.719. The summed E-state index contributed by atoms with van der Waals surface area (Å²) in [6, 6.07) is 5.11. The second-order valence-corrected chi connectivity index (χ2v) is 6.82. The van der Waals surface area contributed by atoms with Gasteiger partial charge in [-0.15, -0.1) is 0 Å². The van der Waals surface area contributed by atoms with Crippen molar-refractivity contribution in [1.29, 1.82) is 0 Å². The number of ether oxygens (including phenoxy) is 2. The molecule has 1 aromatic rings. The van der Waals surface area contributed by atoms with Gasteiger partial charge in [-0.3, -0.25) is 4.79 Å². The molecule has 5 nitrogen and oxygen atoms in total. The van der Waals surface area contributed by atoms with Gasteiger partial charge in [0.15, 0.2) is 0 Å². The summed E-state index contributed by atoms with van der Waals surface area (Å²) in [5.41, 5.74) is -1.42. The van der Waals surface area contributed by atoms with Gasteiger partial charge in [-0.25, -0.2) is 0 Å². The summed E-state index contributed by atoms with van der Waals surface area (Å²) in [6.45, 7) is 3.71. The molecule has 8 heteroatoms. The lowest BCUT2D eigenvalue weighted by Crippen LogP contribution is -2.51. The molecule has 0 spiro atoms. The number of carbonyl (C=O) groups is 1. The zero-order valence-corrected chi connectivity index (χ0v) is 15.7. The van der Waals surface area contributed by atoms with Crippen molar-refractivity contribution in [3.63, 3.8) is 0 Å². The van der Waals surface area contributed by atoms with Crippen LogP contribution in [0.5, 0.6) is 5.75 Å². The molecule has 2 N–H and O–H groups in total. The lowest BCUT2D eigenvalue weighted by Gasteiger charge is -2.36. The van der Waals surface area contributed by atoms with E-state index in [4.69, 9.17) is 9.47 Å². The average molecular weight is 388 g/mol. The van der Waals surface area contributed by atoms with Crippen molar-refractivity contribution < 1.29 is 27.4 Å². The SMILES string of the molecule is CCC(CNC(=O)C1(COC)CCNCC1)Oc1ccccc1C(F)(F)F. The predicted octanol–water partition coefficient (Wildman–Crippen LogP) is 3.00. The van der Waals surface area contributed by atoms with Crippen LogP contribution in [0, 0.1) is 5.41 Å². The van der Waals surface area contributed by atoms with Crippen LogP contribution in [0.15, 0.2) is 24.3 Å². The fourth-order valence-electron chi connectivity index (χ4n) is 3.27. The summed E-state index contributed by atoms with van der Waals surface area (Å²) in [6.07, 6.45) is -3.28. The van der Waals surface area contributed by atoms with Gasteiger partial charge in [0.2, 0.25) is 5.91 Å². The molecule has 0 bridgehead atoms. The van der Waals surface area contributed by atoms with Gasteiger partial charge in [0, 0.05) is 7.11 Å². The Kier molecular flexibility index (Phi) is 7.49. The van der Waals surface area contributed by atoms with Gasteiger partial charge in [-0.05, 0) is 44.5 Å². The topological polar surface area (TPSA) is 59.6 Å². The van der Waals surface area contributed by atoms with Crippen LogP contribution in [0.1, 0.15) is 31.7 Å². The number of alkyl halides is 3. The zero-order chi connectivity index (χ0) is 19.9. The number of piperidine rings is 1. The summed E-state index contributed by atoms with van der Waals surface area (Å²) >= 11 is 0. The Bertz CT molecular complexity index is 611. The van der Waals surface area contributed by atoms with Crippen LogP contribution in [0.2, 0.25) is 0 Å². The largest absolute Gasteiger partial charge is 0.488 e. The molecule has 2 rings (SSSR count). The predicted molar refractivity (Wildman–Crippen MR) is 95.6 cm³/mol. The highest BCUT2D eigenvalue weighted by molar-refractivity contribution is 5.83. The first-order valence-corrected chi connectivity index (χ1v) is 9.13. The number of rotatable bonds is 8. The van der Waals surface area contributed by atoms with Gasteiger partial charge in [-0.2, -0.15) is 13.2 Å². The lowest BCUT2D eigenvalue weighted by atomic mass is 9.78. The van der Waals surface area contributed by atoms with E-state index in [0.717, 1.165) is 19.2 Å². The van der Waals surface area contributed by atoms with Gasteiger partial charge in [0.25, 0.3) is 0 Å². The number of halogens is 3. The molecule has 0 aliphatic carbocycles. The molecular formula is C19H27F3N2O3. The smallest absolute Gasteiger partial charge is 0.419 e. The summed E-state index contributed by atoms with van der Waals surface area (Å²) in [4.78, 5) is 12.8. The monoisotopic (exact) mass is 388 g/mol. The van der Waals surface area contributed by atoms with Crippen molar-refractivity contribution in [1.82, 2.24) is 10.6 Å². The molecule has 1 unspecified atom stereocenters. The van der Waals surface area contributed by atoms with Gasteiger partial charge in [-0.1, -0.05) is 19.1 Å². The van der Waals surface area contributed by atoms with Crippen molar-refractivity contribution >= 4 is 5.91 Å². The van der Waals surface area contributed by atoms with E-state index in [2.05, 4.69) is 10.6 Å². The minimum absolute atomic E-state index is 0.139. The molecule has 1 saturated heterocycles. The standard InChI is InChI=1S/C19H27F3N2O3/c1-3-14(27-16-7-5-4-6-15(16)19(20,21)22)12-24-17(25)18(13-26-2)8-10-23-11-9-18/h4-7,14,23H,3,8-13H2,1-2H3,(H,24,25). The van der Waals surface area contributed by atoms with Gasteiger partial charge < -0.3 is 20.1 Å². The maximum atomic E-state index is 13.1. The van der Waals surface area contributed by atoms with E-state index in [1.807, 2.05) is 6.92 Å². The normalized spacial score (nSPS) is 18.0. The second kappa shape index (κ2) is 9.41. The molecule has 1 aliphatic rings. The second-order valence-electron chi connectivity index (χ2n) is 6.82. The molecule has 0 aromatic heterocycles. The van der Waals surface area contributed by atoms with Gasteiger partial charge >= 0.3 is 6.18 Å². The van der Waals surface area contributed by atoms with Crippen LogP contribution in [0.3, 0.4) is 0 Å². The molecule has 1 atom stereocenters. The van der Waals surface area contributed by atoms with Crippen LogP contribution < -0.4 is 15.4 Å². The average Bonchev–Trinajstić information content (AvgIpc) is 2.65. The molecule has 1 amide bonds. The minimum atomic E-state index is -4.49. The number of para-hydroxylation sites is 1. The van der Waals surface area contributed by atoms with Crippen LogP contribution in [0.4, 0.5) is 13.2 Å². The summed E-state index contributed by atoms with van der Waals surface area (Å²) in [7, 11) is 1.56. The summed E-state index contributed by atoms with van der Waals surface area (Å²) in [5, 5.41) is 6.07. The third kappa shape index (κ3) is 5.59. The molecule has 0 radical (unpaired) electrons. The molecule has 1 aromatic carbocycles. The maximum Gasteiger partial charge on any atom is 0.419 e. The van der Waals surface area contributed by atoms with E-state index in [1.165, 1.54) is 18.2 Å². The highest BCUT2D eigenvalue weighted by atomic mass is 19.4. The Morgan fingerprint density at radius 2 is 1.96 bits per heavy atom. The highest BCUT2D eigenvalue weighted by Crippen LogP contribution is 2.36. The third-order valence-electron chi connectivity index (χ3n) is 4.89. The van der Waals surface area contributed by atoms with E-state index in [0.29, 0.717) is 25.9 Å². The van der Waals surface area contributed by atoms with Crippen molar-refractivity contribution in [3.8, 4) is 5.75 Å². The Morgan fingerprint density at radius 3 is 2.56 bits per heavy atom. The molecule has 27 heavy (non-hydrogen) atoms. The number of methoxy groups -OCH3 is 1. The highest BCUT2D eigenvalue weighted by Gasteiger charge is 2.40. The third-order valence-corrected chi connectivity index (χ3v) is 4.89. The van der Waals surface area contributed by atoms with Crippen molar-refractivity contribution in [2.75, 3.05) is 33.4 Å². The first-order valence-electron chi connectivity index (χ1n) is 9.13. The summed E-state index contributed by atoms with van der Waals surface area (Å²) in [5.74, 6) is -0.364. The fourth-order valence-corrected chi connectivity index (χ4v) is 3.27. The molecule has 1 fully saturated rings. The number of carbonyl (C=O) groups excluding carboxylic acids is 1. The van der Waals surface area contributed by atoms with Crippen LogP contribution >= 0.6 is 0 Å². The van der Waals surface area contributed by atoms with Crippen molar-refractivity contribution in [2.45, 2.75) is 38.5 Å². The van der Waals surface area contributed by atoms with Gasteiger partial charge in [0.05, 0.1) is 24.1 Å². The van der Waals surface area contributed by atoms with E-state index in [9.17, 15) is 18.0 Å². The first-order chi connectivity index (χ1) is 12.8. The number of hydrogen-bond donors (Lipinski definition) is 2. The first kappa shape index (κ1) is 21.5. The van der Waals surface area contributed by atoms with Crippen LogP contribution in [-0.2, 0) is 15.7 Å². The van der Waals surface area contributed by atoms with E-state index in [1.54, 1.807) is 7.11 Å². The molecular weight excluding hydrogens is 361 g/mol. The molecule has 1 heterocycles. The molecule has 152 valence electrons. The Labute approximate surface area is 157 Å². The number of benzene rings is 1. The Hall–Kier alpha value is -1.80. The Balaban J connectivity index is 2.02. The van der Waals surface area contributed by atoms with Crippen molar-refractivity contribution in [3.05, 3.63) is 29.8 Å². The van der Waals surface area contributed by atoms with Gasteiger partial charge in [0.1, 0.15) is 11.9 Å². The maximum absolute atomic E-state index is 13.1. The number of amides is 1. The number of hydrogen-bond acceptors (Lipinski definition) is 4. The number of nitrogens with one attached hydrogen (secondary N) is 2. The molecule has 1 aliphatic heterocycles. The summed E-state index contributed by atoms with van der Waals surface area (Å²) < 4.78 is 50.2. The fraction of sp³-hybridized carbons (Fsp3) is 0.632. The van der Waals surface area contributed by atoms with Crippen molar-refractivity contribution in [2.24, 2.45) is 5.41 Å². The van der Waals surface area contributed by atoms with E-state index in [-0.39, 0.29) is 18.2 Å². The minimum Gasteiger partial charge on any atom is -0.488 e. The molecule has 0 saturated carbocycles.